The second-order valence-electron chi connectivity index (χ2n) is 6.05. The number of rotatable bonds is 7. The van der Waals surface area contributed by atoms with Gasteiger partial charge in [0.05, 0.1) is 42.4 Å². The number of ether oxygens (including phenoxy) is 2. The number of alkyl halides is 3. The zero-order chi connectivity index (χ0) is 22.7. The summed E-state index contributed by atoms with van der Waals surface area (Å²) in [6, 6.07) is 7.13. The van der Waals surface area contributed by atoms with Gasteiger partial charge in [-0.3, -0.25) is 9.10 Å². The van der Waals surface area contributed by atoms with Gasteiger partial charge in [0.25, 0.3) is 0 Å². The molecule has 0 fully saturated rings. The molecule has 0 unspecified atom stereocenters. The fourth-order valence-electron chi connectivity index (χ4n) is 2.52. The Kier molecular flexibility index (Phi) is 7.09. The highest BCUT2D eigenvalue weighted by Crippen LogP contribution is 2.37. The lowest BCUT2D eigenvalue weighted by atomic mass is 10.2. The van der Waals surface area contributed by atoms with Gasteiger partial charge in [0.1, 0.15) is 18.0 Å². The van der Waals surface area contributed by atoms with Gasteiger partial charge in [0.2, 0.25) is 15.9 Å². The van der Waals surface area contributed by atoms with Crippen molar-refractivity contribution >= 4 is 38.9 Å². The summed E-state index contributed by atoms with van der Waals surface area (Å²) in [6.45, 7) is -0.780. The van der Waals surface area contributed by atoms with Crippen LogP contribution in [0.4, 0.5) is 24.5 Å². The quantitative estimate of drug-likeness (QED) is 0.671. The molecule has 2 rings (SSSR count). The Labute approximate surface area is 176 Å². The SMILES string of the molecule is COc1ccc(OC)c(NC(=O)CN(c2ccc(Cl)c(C(F)(F)F)c2)S(C)(=O)=O)c1. The molecule has 164 valence electrons. The van der Waals surface area contributed by atoms with E-state index in [0.717, 1.165) is 18.4 Å². The number of halogens is 4. The molecule has 1 amide bonds. The van der Waals surface area contributed by atoms with E-state index in [1.165, 1.54) is 26.4 Å². The van der Waals surface area contributed by atoms with Crippen LogP contribution in [0, 0.1) is 0 Å². The van der Waals surface area contributed by atoms with Crippen molar-refractivity contribution in [3.8, 4) is 11.5 Å². The molecule has 0 spiro atoms. The smallest absolute Gasteiger partial charge is 0.417 e. The predicted molar refractivity (Wildman–Crippen MR) is 107 cm³/mol. The lowest BCUT2D eigenvalue weighted by Gasteiger charge is -2.23. The molecule has 0 aliphatic rings. The number of methoxy groups -OCH3 is 2. The molecule has 12 heteroatoms. The number of amides is 1. The zero-order valence-electron chi connectivity index (χ0n) is 16.1. The average Bonchev–Trinajstić information content (AvgIpc) is 2.65. The number of hydrogen-bond donors (Lipinski definition) is 1. The first-order valence-electron chi connectivity index (χ1n) is 8.23. The Balaban J connectivity index is 2.36. The van der Waals surface area contributed by atoms with Crippen LogP contribution in [-0.2, 0) is 21.0 Å². The van der Waals surface area contributed by atoms with E-state index in [0.29, 0.717) is 16.1 Å². The molecule has 0 atom stereocenters. The van der Waals surface area contributed by atoms with Gasteiger partial charge < -0.3 is 14.8 Å². The molecule has 0 bridgehead atoms. The molecular weight excluding hydrogens is 449 g/mol. The fraction of sp³-hybridized carbons (Fsp3) is 0.278. The molecular formula is C18H18ClF3N2O5S. The maximum atomic E-state index is 13.1. The van der Waals surface area contributed by atoms with Crippen LogP contribution in [0.5, 0.6) is 11.5 Å². The number of anilines is 2. The molecule has 2 aromatic carbocycles. The first-order chi connectivity index (χ1) is 13.9. The monoisotopic (exact) mass is 466 g/mol. The zero-order valence-corrected chi connectivity index (χ0v) is 17.7. The first-order valence-corrected chi connectivity index (χ1v) is 10.5. The molecule has 1 N–H and O–H groups in total. The molecule has 0 radical (unpaired) electrons. The summed E-state index contributed by atoms with van der Waals surface area (Å²) in [7, 11) is -1.32. The lowest BCUT2D eigenvalue weighted by Crippen LogP contribution is -2.37. The second-order valence-corrected chi connectivity index (χ2v) is 8.36. The molecule has 30 heavy (non-hydrogen) atoms. The normalized spacial score (nSPS) is 11.7. The van der Waals surface area contributed by atoms with Gasteiger partial charge in [-0.2, -0.15) is 13.2 Å². The highest BCUT2D eigenvalue weighted by Gasteiger charge is 2.34. The predicted octanol–water partition coefficient (Wildman–Crippen LogP) is 3.78. The second kappa shape index (κ2) is 9.00. The minimum absolute atomic E-state index is 0.197. The van der Waals surface area contributed by atoms with E-state index in [1.807, 2.05) is 0 Å². The number of benzene rings is 2. The highest BCUT2D eigenvalue weighted by atomic mass is 35.5. The van der Waals surface area contributed by atoms with Gasteiger partial charge >= 0.3 is 6.18 Å². The maximum Gasteiger partial charge on any atom is 0.417 e. The number of carbonyl (C=O) groups excluding carboxylic acids is 1. The maximum absolute atomic E-state index is 13.1. The number of sulfonamides is 1. The molecule has 0 heterocycles. The van der Waals surface area contributed by atoms with Gasteiger partial charge in [0.15, 0.2) is 0 Å². The third kappa shape index (κ3) is 5.70. The number of hydrogen-bond acceptors (Lipinski definition) is 5. The molecule has 0 aliphatic heterocycles. The van der Waals surface area contributed by atoms with E-state index < -0.39 is 39.2 Å². The van der Waals surface area contributed by atoms with E-state index in [1.54, 1.807) is 6.07 Å². The van der Waals surface area contributed by atoms with Crippen LogP contribution >= 0.6 is 11.6 Å². The summed E-state index contributed by atoms with van der Waals surface area (Å²) >= 11 is 5.58. The Bertz CT molecular complexity index is 1040. The minimum Gasteiger partial charge on any atom is -0.497 e. The Hall–Kier alpha value is -2.66. The van der Waals surface area contributed by atoms with Crippen LogP contribution in [0.15, 0.2) is 36.4 Å². The van der Waals surface area contributed by atoms with Gasteiger partial charge in [-0.25, -0.2) is 8.42 Å². The lowest BCUT2D eigenvalue weighted by molar-refractivity contribution is -0.137. The summed E-state index contributed by atoms with van der Waals surface area (Å²) in [5.74, 6) is -0.130. The van der Waals surface area contributed by atoms with Crippen LogP contribution in [0.25, 0.3) is 0 Å². The van der Waals surface area contributed by atoms with Crippen LogP contribution in [0.2, 0.25) is 5.02 Å². The number of nitrogens with one attached hydrogen (secondary N) is 1. The van der Waals surface area contributed by atoms with Crippen molar-refractivity contribution in [3.05, 3.63) is 47.0 Å². The van der Waals surface area contributed by atoms with Crippen molar-refractivity contribution in [2.24, 2.45) is 0 Å². The van der Waals surface area contributed by atoms with Gasteiger partial charge in [-0.15, -0.1) is 0 Å². The topological polar surface area (TPSA) is 84.9 Å². The van der Waals surface area contributed by atoms with Crippen LogP contribution in [0.3, 0.4) is 0 Å². The highest BCUT2D eigenvalue weighted by molar-refractivity contribution is 7.92. The third-order valence-electron chi connectivity index (χ3n) is 3.91. The van der Waals surface area contributed by atoms with E-state index in [4.69, 9.17) is 21.1 Å². The molecule has 0 aromatic heterocycles. The number of nitrogens with zero attached hydrogens (tertiary/aromatic N) is 1. The van der Waals surface area contributed by atoms with Crippen LogP contribution in [-0.4, -0.2) is 41.3 Å². The largest absolute Gasteiger partial charge is 0.497 e. The standard InChI is InChI=1S/C18H18ClF3N2O5S/c1-28-12-5-7-16(29-2)15(9-12)23-17(25)10-24(30(3,26)27)11-4-6-14(19)13(8-11)18(20,21)22/h4-9H,10H2,1-3H3,(H,23,25). The minimum atomic E-state index is -4.80. The van der Waals surface area contributed by atoms with E-state index in [9.17, 15) is 26.4 Å². The molecule has 7 nitrogen and oxygen atoms in total. The van der Waals surface area contributed by atoms with Crippen molar-refractivity contribution in [2.45, 2.75) is 6.18 Å². The third-order valence-corrected chi connectivity index (χ3v) is 5.38. The molecule has 0 saturated heterocycles. The number of carbonyl (C=O) groups is 1. The average molecular weight is 467 g/mol. The van der Waals surface area contributed by atoms with E-state index >= 15 is 0 Å². The summed E-state index contributed by atoms with van der Waals surface area (Å²) in [6.07, 6.45) is -4.03. The Morgan fingerprint density at radius 2 is 1.80 bits per heavy atom. The van der Waals surface area contributed by atoms with Gasteiger partial charge in [0, 0.05) is 6.07 Å². The van der Waals surface area contributed by atoms with Crippen LogP contribution < -0.4 is 19.1 Å². The Morgan fingerprint density at radius 3 is 2.33 bits per heavy atom. The van der Waals surface area contributed by atoms with Crippen molar-refractivity contribution in [1.82, 2.24) is 0 Å². The summed E-state index contributed by atoms with van der Waals surface area (Å²) in [5, 5.41) is 1.87. The van der Waals surface area contributed by atoms with E-state index in [-0.39, 0.29) is 17.1 Å². The molecule has 2 aromatic rings. The Morgan fingerprint density at radius 1 is 1.13 bits per heavy atom. The van der Waals surface area contributed by atoms with Crippen molar-refractivity contribution in [2.75, 3.05) is 36.6 Å². The van der Waals surface area contributed by atoms with Crippen molar-refractivity contribution in [1.29, 1.82) is 0 Å². The van der Waals surface area contributed by atoms with Gasteiger partial charge in [-0.05, 0) is 30.3 Å². The molecule has 0 saturated carbocycles. The first kappa shape index (κ1) is 23.6. The van der Waals surface area contributed by atoms with Crippen molar-refractivity contribution in [3.63, 3.8) is 0 Å². The summed E-state index contributed by atoms with van der Waals surface area (Å²) in [5.41, 5.74) is -1.38. The summed E-state index contributed by atoms with van der Waals surface area (Å²) in [4.78, 5) is 12.5. The fourth-order valence-corrected chi connectivity index (χ4v) is 3.59. The summed E-state index contributed by atoms with van der Waals surface area (Å²) < 4.78 is 74.5. The molecule has 0 aliphatic carbocycles. The van der Waals surface area contributed by atoms with Crippen molar-refractivity contribution < 1.29 is 35.9 Å². The van der Waals surface area contributed by atoms with Crippen LogP contribution in [0.1, 0.15) is 5.56 Å². The van der Waals surface area contributed by atoms with Gasteiger partial charge in [-0.1, -0.05) is 11.6 Å². The van der Waals surface area contributed by atoms with E-state index in [2.05, 4.69) is 5.32 Å².